The summed E-state index contributed by atoms with van der Waals surface area (Å²) < 4.78 is 0. The number of hydrogen-bond donors (Lipinski definition) is 2. The number of allylic oxidation sites excluding steroid dienone is 1. The zero-order chi connectivity index (χ0) is 9.97. The largest absolute Gasteiger partial charge is 0.505 e. The van der Waals surface area contributed by atoms with Crippen LogP contribution >= 0.6 is 0 Å². The molecule has 14 heavy (non-hydrogen) atoms. The monoisotopic (exact) mass is 185 g/mol. The third-order valence-corrected chi connectivity index (χ3v) is 1.98. The highest BCUT2D eigenvalue weighted by atomic mass is 16.3. The molecule has 1 aliphatic heterocycles. The molecule has 0 fully saturated rings. The van der Waals surface area contributed by atoms with Crippen molar-refractivity contribution in [2.75, 3.05) is 5.32 Å². The summed E-state index contributed by atoms with van der Waals surface area (Å²) in [5.41, 5.74) is 5.78. The van der Waals surface area contributed by atoms with Crippen LogP contribution in [0.5, 0.6) is 0 Å². The van der Waals surface area contributed by atoms with Crippen molar-refractivity contribution in [3.05, 3.63) is 53.1 Å². The molecule has 2 nitrogen and oxygen atoms in total. The Morgan fingerprint density at radius 3 is 2.86 bits per heavy atom. The van der Waals surface area contributed by atoms with Crippen molar-refractivity contribution in [3.8, 4) is 0 Å². The van der Waals surface area contributed by atoms with Gasteiger partial charge in [-0.15, -0.1) is 0 Å². The molecule has 0 unspecified atom stereocenters. The summed E-state index contributed by atoms with van der Waals surface area (Å²) >= 11 is 0. The van der Waals surface area contributed by atoms with Crippen molar-refractivity contribution in [1.29, 1.82) is 0 Å². The van der Waals surface area contributed by atoms with E-state index >= 15 is 0 Å². The van der Waals surface area contributed by atoms with E-state index in [1.807, 2.05) is 36.4 Å². The first-order valence-electron chi connectivity index (χ1n) is 4.46. The predicted molar refractivity (Wildman–Crippen MR) is 57.9 cm³/mol. The van der Waals surface area contributed by atoms with Gasteiger partial charge in [0.1, 0.15) is 5.76 Å². The van der Waals surface area contributed by atoms with Gasteiger partial charge in [0.05, 0.1) is 5.70 Å². The normalized spacial score (nSPS) is 12.8. The highest BCUT2D eigenvalue weighted by Gasteiger charge is 2.04. The number of para-hydroxylation sites is 1. The van der Waals surface area contributed by atoms with E-state index in [1.165, 1.54) is 0 Å². The number of nitrogens with one attached hydrogen (secondary N) is 1. The first-order chi connectivity index (χ1) is 6.75. The van der Waals surface area contributed by atoms with Gasteiger partial charge in [0.25, 0.3) is 0 Å². The summed E-state index contributed by atoms with van der Waals surface area (Å²) in [5, 5.41) is 12.2. The third kappa shape index (κ3) is 1.70. The van der Waals surface area contributed by atoms with Crippen LogP contribution in [0.15, 0.2) is 47.5 Å². The Balaban J connectivity index is 2.44. The van der Waals surface area contributed by atoms with Crippen LogP contribution in [0.1, 0.15) is 12.5 Å². The first kappa shape index (κ1) is 8.67. The maximum Gasteiger partial charge on any atom is 0.134 e. The number of aliphatic hydroxyl groups is 1. The fourth-order valence-electron chi connectivity index (χ4n) is 1.38. The van der Waals surface area contributed by atoms with Crippen molar-refractivity contribution in [1.82, 2.24) is 0 Å². The summed E-state index contributed by atoms with van der Waals surface area (Å²) in [5.74, 6) is 0.177. The van der Waals surface area contributed by atoms with Crippen molar-refractivity contribution >= 4 is 11.8 Å². The van der Waals surface area contributed by atoms with Crippen molar-refractivity contribution < 1.29 is 5.11 Å². The van der Waals surface area contributed by atoms with E-state index in [9.17, 15) is 0 Å². The topological polar surface area (TPSA) is 32.3 Å². The molecular formula is C12H11NO. The molecule has 2 N–H and O–H groups in total. The van der Waals surface area contributed by atoms with Gasteiger partial charge >= 0.3 is 0 Å². The van der Waals surface area contributed by atoms with Crippen LogP contribution in [0.25, 0.3) is 6.08 Å². The third-order valence-electron chi connectivity index (χ3n) is 1.98. The van der Waals surface area contributed by atoms with Crippen LogP contribution in [0.3, 0.4) is 0 Å². The summed E-state index contributed by atoms with van der Waals surface area (Å²) in [7, 11) is 0. The Labute approximate surface area is 82.9 Å². The quantitative estimate of drug-likeness (QED) is 0.481. The van der Waals surface area contributed by atoms with Gasteiger partial charge < -0.3 is 10.4 Å². The van der Waals surface area contributed by atoms with Gasteiger partial charge in [-0.25, -0.2) is 0 Å². The molecular weight excluding hydrogens is 174 g/mol. The lowest BCUT2D eigenvalue weighted by molar-refractivity contribution is 0.415. The standard InChI is InChI=1S/C12H11NO/c1-9(14)8-11-7-6-10-4-2-3-5-12(10)13-11/h2-7,13-14H,1H3. The molecule has 2 rings (SSSR count). The van der Waals surface area contributed by atoms with Gasteiger partial charge in [-0.3, -0.25) is 0 Å². The number of rotatable bonds is 0. The van der Waals surface area contributed by atoms with E-state index in [0.717, 1.165) is 16.9 Å². The van der Waals surface area contributed by atoms with E-state index in [2.05, 4.69) is 11.0 Å². The highest BCUT2D eigenvalue weighted by molar-refractivity contribution is 5.74. The van der Waals surface area contributed by atoms with Crippen molar-refractivity contribution in [2.45, 2.75) is 6.92 Å². The van der Waals surface area contributed by atoms with Crippen LogP contribution in [0.2, 0.25) is 0 Å². The van der Waals surface area contributed by atoms with Crippen LogP contribution < -0.4 is 5.32 Å². The molecule has 1 aromatic carbocycles. The lowest BCUT2D eigenvalue weighted by Gasteiger charge is -2.13. The fraction of sp³-hybridized carbons (Fsp3) is 0.0833. The summed E-state index contributed by atoms with van der Waals surface area (Å²) in [4.78, 5) is 0. The second-order valence-corrected chi connectivity index (χ2v) is 3.17. The Bertz CT molecular complexity index is 447. The first-order valence-corrected chi connectivity index (χ1v) is 4.46. The van der Waals surface area contributed by atoms with Gasteiger partial charge in [-0.05, 0) is 17.7 Å². The number of fused-ring (bicyclic) bond motifs is 1. The zero-order valence-corrected chi connectivity index (χ0v) is 7.91. The molecule has 0 aromatic heterocycles. The SMILES string of the molecule is CC(O)=C=C1C=Cc2ccccc2N1. The second kappa shape index (κ2) is 3.44. The summed E-state index contributed by atoms with van der Waals surface area (Å²) in [6.07, 6.45) is 3.89. The van der Waals surface area contributed by atoms with E-state index in [0.29, 0.717) is 0 Å². The maximum atomic E-state index is 9.06. The van der Waals surface area contributed by atoms with Crippen LogP contribution in [0.4, 0.5) is 5.69 Å². The summed E-state index contributed by atoms with van der Waals surface area (Å²) in [6, 6.07) is 7.99. The minimum Gasteiger partial charge on any atom is -0.505 e. The molecule has 0 amide bonds. The zero-order valence-electron chi connectivity index (χ0n) is 7.91. The molecule has 0 saturated carbocycles. The molecule has 0 aliphatic carbocycles. The molecule has 0 bridgehead atoms. The number of anilines is 1. The van der Waals surface area contributed by atoms with Crippen LogP contribution in [-0.2, 0) is 0 Å². The van der Waals surface area contributed by atoms with E-state index in [1.54, 1.807) is 6.92 Å². The number of aliphatic hydroxyl groups excluding tert-OH is 1. The van der Waals surface area contributed by atoms with Gasteiger partial charge in [-0.1, -0.05) is 30.0 Å². The molecule has 0 saturated heterocycles. The second-order valence-electron chi connectivity index (χ2n) is 3.17. The fourth-order valence-corrected chi connectivity index (χ4v) is 1.38. The maximum absolute atomic E-state index is 9.06. The minimum absolute atomic E-state index is 0.177. The Morgan fingerprint density at radius 2 is 2.07 bits per heavy atom. The number of hydrogen-bond acceptors (Lipinski definition) is 2. The average Bonchev–Trinajstić information content (AvgIpc) is 2.17. The smallest absolute Gasteiger partial charge is 0.134 e. The Hall–Kier alpha value is -1.92. The van der Waals surface area contributed by atoms with E-state index in [-0.39, 0.29) is 5.76 Å². The van der Waals surface area contributed by atoms with Crippen molar-refractivity contribution in [2.24, 2.45) is 0 Å². The molecule has 0 atom stereocenters. The van der Waals surface area contributed by atoms with Crippen molar-refractivity contribution in [3.63, 3.8) is 0 Å². The van der Waals surface area contributed by atoms with Gasteiger partial charge in [0.15, 0.2) is 0 Å². The molecule has 0 spiro atoms. The molecule has 70 valence electrons. The highest BCUT2D eigenvalue weighted by Crippen LogP contribution is 2.23. The summed E-state index contributed by atoms with van der Waals surface area (Å²) in [6.45, 7) is 1.60. The van der Waals surface area contributed by atoms with E-state index < -0.39 is 0 Å². The predicted octanol–water partition coefficient (Wildman–Crippen LogP) is 3.07. The molecule has 1 heterocycles. The molecule has 1 aliphatic rings. The Morgan fingerprint density at radius 1 is 1.29 bits per heavy atom. The lowest BCUT2D eigenvalue weighted by Crippen LogP contribution is -2.01. The molecule has 1 aromatic rings. The van der Waals surface area contributed by atoms with Gasteiger partial charge in [0.2, 0.25) is 0 Å². The average molecular weight is 185 g/mol. The van der Waals surface area contributed by atoms with Gasteiger partial charge in [-0.2, -0.15) is 0 Å². The number of benzene rings is 1. The minimum atomic E-state index is 0.177. The molecule has 0 radical (unpaired) electrons. The molecule has 2 heteroatoms. The van der Waals surface area contributed by atoms with Crippen LogP contribution in [-0.4, -0.2) is 5.11 Å². The lowest BCUT2D eigenvalue weighted by atomic mass is 10.1. The van der Waals surface area contributed by atoms with E-state index in [4.69, 9.17) is 5.11 Å². The Kier molecular flexibility index (Phi) is 2.13. The van der Waals surface area contributed by atoms with Gasteiger partial charge in [0, 0.05) is 12.6 Å². The van der Waals surface area contributed by atoms with Crippen LogP contribution in [0, 0.1) is 0 Å².